The first-order valence-electron chi connectivity index (χ1n) is 7.20. The van der Waals surface area contributed by atoms with Gasteiger partial charge in [0.1, 0.15) is 0 Å². The Labute approximate surface area is 142 Å². The number of ether oxygens (including phenoxy) is 2. The number of hydrogen-bond acceptors (Lipinski definition) is 6. The van der Waals surface area contributed by atoms with Crippen LogP contribution in [0.15, 0.2) is 46.6 Å². The Morgan fingerprint density at radius 2 is 1.79 bits per heavy atom. The largest absolute Gasteiger partial charge is 0.502 e. The number of aryl methyl sites for hydroxylation is 1. The van der Waals surface area contributed by atoms with Gasteiger partial charge in [0.05, 0.1) is 30.7 Å². The minimum Gasteiger partial charge on any atom is -0.502 e. The third kappa shape index (κ3) is 2.98. The van der Waals surface area contributed by atoms with Crippen LogP contribution in [0.25, 0.3) is 10.2 Å². The standard InChI is InChI=1S/C17H17N3O3S/c1-20-12-6-4-5-7-15(12)24-17(20)19-18-10-11-8-13(22-2)16(21)14(9-11)23-3/h4-10,21H,1-3H3/b18-10+,19-17+. The fraction of sp³-hybridized carbons (Fsp3) is 0.176. The molecule has 2 aromatic carbocycles. The second-order valence-electron chi connectivity index (χ2n) is 5.03. The number of aromatic hydroxyl groups is 1. The molecule has 0 saturated heterocycles. The quantitative estimate of drug-likeness (QED) is 0.585. The van der Waals surface area contributed by atoms with Gasteiger partial charge in [0.25, 0.3) is 0 Å². The maximum atomic E-state index is 9.91. The lowest BCUT2D eigenvalue weighted by Crippen LogP contribution is -2.08. The highest BCUT2D eigenvalue weighted by molar-refractivity contribution is 7.16. The lowest BCUT2D eigenvalue weighted by molar-refractivity contribution is 0.340. The van der Waals surface area contributed by atoms with Gasteiger partial charge in [-0.2, -0.15) is 5.10 Å². The topological polar surface area (TPSA) is 68.3 Å². The van der Waals surface area contributed by atoms with Gasteiger partial charge >= 0.3 is 0 Å². The zero-order valence-corrected chi connectivity index (χ0v) is 14.4. The van der Waals surface area contributed by atoms with Crippen LogP contribution in [0.1, 0.15) is 5.56 Å². The number of thiazole rings is 1. The summed E-state index contributed by atoms with van der Waals surface area (Å²) < 4.78 is 13.4. The number of para-hydroxylation sites is 1. The van der Waals surface area contributed by atoms with Crippen LogP contribution in [-0.4, -0.2) is 30.1 Å². The monoisotopic (exact) mass is 343 g/mol. The normalized spacial score (nSPS) is 12.2. The summed E-state index contributed by atoms with van der Waals surface area (Å²) in [7, 11) is 4.92. The van der Waals surface area contributed by atoms with Crippen molar-refractivity contribution in [1.82, 2.24) is 4.57 Å². The predicted octanol–water partition coefficient (Wildman–Crippen LogP) is 2.90. The molecule has 0 unspecified atom stereocenters. The molecule has 0 radical (unpaired) electrons. The van der Waals surface area contributed by atoms with Crippen LogP contribution < -0.4 is 14.3 Å². The summed E-state index contributed by atoms with van der Waals surface area (Å²) in [6.45, 7) is 0. The van der Waals surface area contributed by atoms with E-state index in [1.54, 1.807) is 29.7 Å². The fourth-order valence-electron chi connectivity index (χ4n) is 2.31. The number of aromatic nitrogens is 1. The molecule has 1 heterocycles. The summed E-state index contributed by atoms with van der Waals surface area (Å²) in [5.74, 6) is 0.608. The predicted molar refractivity (Wildman–Crippen MR) is 95.2 cm³/mol. The number of rotatable bonds is 4. The van der Waals surface area contributed by atoms with Crippen LogP contribution in [0.5, 0.6) is 17.2 Å². The smallest absolute Gasteiger partial charge is 0.211 e. The van der Waals surface area contributed by atoms with Crippen molar-refractivity contribution in [3.63, 3.8) is 0 Å². The van der Waals surface area contributed by atoms with Crippen LogP contribution in [0.4, 0.5) is 0 Å². The molecule has 7 heteroatoms. The third-order valence-corrected chi connectivity index (χ3v) is 4.67. The summed E-state index contributed by atoms with van der Waals surface area (Å²) in [6.07, 6.45) is 1.59. The van der Waals surface area contributed by atoms with E-state index in [0.29, 0.717) is 17.1 Å². The van der Waals surface area contributed by atoms with Crippen molar-refractivity contribution >= 4 is 27.8 Å². The number of phenolic OH excluding ortho intramolecular Hbond substituents is 1. The summed E-state index contributed by atoms with van der Waals surface area (Å²) in [6, 6.07) is 11.4. The van der Waals surface area contributed by atoms with Gasteiger partial charge in [-0.15, -0.1) is 5.10 Å². The van der Waals surface area contributed by atoms with E-state index in [0.717, 1.165) is 15.0 Å². The number of nitrogens with zero attached hydrogens (tertiary/aromatic N) is 3. The van der Waals surface area contributed by atoms with E-state index in [4.69, 9.17) is 9.47 Å². The number of fused-ring (bicyclic) bond motifs is 1. The first kappa shape index (κ1) is 16.1. The zero-order chi connectivity index (χ0) is 17.1. The van der Waals surface area contributed by atoms with Crippen LogP contribution in [-0.2, 0) is 7.05 Å². The molecular weight excluding hydrogens is 326 g/mol. The van der Waals surface area contributed by atoms with Crippen LogP contribution in [0.3, 0.4) is 0 Å². The summed E-state index contributed by atoms with van der Waals surface area (Å²) in [4.78, 5) is 0.796. The molecule has 6 nitrogen and oxygen atoms in total. The van der Waals surface area contributed by atoms with Crippen molar-refractivity contribution < 1.29 is 14.6 Å². The molecule has 0 amide bonds. The second kappa shape index (κ2) is 6.76. The highest BCUT2D eigenvalue weighted by atomic mass is 32.1. The van der Waals surface area contributed by atoms with Gasteiger partial charge in [-0.25, -0.2) is 0 Å². The number of methoxy groups -OCH3 is 2. The zero-order valence-electron chi connectivity index (χ0n) is 13.6. The molecule has 0 atom stereocenters. The van der Waals surface area contributed by atoms with Crippen LogP contribution in [0, 0.1) is 0 Å². The Morgan fingerprint density at radius 1 is 1.12 bits per heavy atom. The summed E-state index contributed by atoms with van der Waals surface area (Å²) in [5.41, 5.74) is 1.83. The minimum absolute atomic E-state index is 0.0370. The maximum absolute atomic E-state index is 9.91. The maximum Gasteiger partial charge on any atom is 0.211 e. The highest BCUT2D eigenvalue weighted by Crippen LogP contribution is 2.36. The number of hydrogen-bond donors (Lipinski definition) is 1. The molecule has 0 fully saturated rings. The van der Waals surface area contributed by atoms with Crippen molar-refractivity contribution in [3.8, 4) is 17.2 Å². The summed E-state index contributed by atoms with van der Waals surface area (Å²) >= 11 is 1.57. The Balaban J connectivity index is 1.97. The Bertz CT molecular complexity index is 948. The molecule has 3 rings (SSSR count). The molecular formula is C17H17N3O3S. The van der Waals surface area contributed by atoms with Crippen LogP contribution in [0.2, 0.25) is 0 Å². The molecule has 0 aliphatic rings. The molecule has 0 bridgehead atoms. The number of benzene rings is 2. The van der Waals surface area contributed by atoms with Crippen LogP contribution >= 0.6 is 11.3 Å². The van der Waals surface area contributed by atoms with Gasteiger partial charge < -0.3 is 19.1 Å². The molecule has 1 N–H and O–H groups in total. The average molecular weight is 343 g/mol. The van der Waals surface area contributed by atoms with Gasteiger partial charge in [0.2, 0.25) is 10.6 Å². The first-order valence-corrected chi connectivity index (χ1v) is 8.02. The average Bonchev–Trinajstić information content (AvgIpc) is 2.92. The summed E-state index contributed by atoms with van der Waals surface area (Å²) in [5, 5.41) is 18.3. The molecule has 0 aliphatic carbocycles. The molecule has 0 saturated carbocycles. The van der Waals surface area contributed by atoms with Gasteiger partial charge in [-0.3, -0.25) is 0 Å². The van der Waals surface area contributed by atoms with E-state index in [2.05, 4.69) is 16.3 Å². The Hall–Kier alpha value is -2.80. The Morgan fingerprint density at radius 3 is 2.42 bits per heavy atom. The fourth-order valence-corrected chi connectivity index (χ4v) is 3.29. The lowest BCUT2D eigenvalue weighted by atomic mass is 10.2. The van der Waals surface area contributed by atoms with Gasteiger partial charge in [-0.05, 0) is 24.3 Å². The van der Waals surface area contributed by atoms with Gasteiger partial charge in [-0.1, -0.05) is 23.5 Å². The molecule has 0 aliphatic heterocycles. The van der Waals surface area contributed by atoms with Crippen molar-refractivity contribution in [2.45, 2.75) is 0 Å². The molecule has 0 spiro atoms. The highest BCUT2D eigenvalue weighted by Gasteiger charge is 2.10. The molecule has 124 valence electrons. The van der Waals surface area contributed by atoms with Crippen molar-refractivity contribution in [3.05, 3.63) is 46.8 Å². The molecule has 24 heavy (non-hydrogen) atoms. The van der Waals surface area contributed by atoms with E-state index in [-0.39, 0.29) is 5.75 Å². The van der Waals surface area contributed by atoms with Crippen molar-refractivity contribution in [1.29, 1.82) is 0 Å². The minimum atomic E-state index is -0.0370. The lowest BCUT2D eigenvalue weighted by Gasteiger charge is -2.08. The van der Waals surface area contributed by atoms with Gasteiger partial charge in [0, 0.05) is 12.6 Å². The third-order valence-electron chi connectivity index (χ3n) is 3.57. The van der Waals surface area contributed by atoms with E-state index < -0.39 is 0 Å². The Kier molecular flexibility index (Phi) is 4.52. The van der Waals surface area contributed by atoms with Gasteiger partial charge in [0.15, 0.2) is 11.5 Å². The SMILES string of the molecule is COc1cc(/C=N/N=c2/sc3ccccc3n2C)cc(OC)c1O. The van der Waals surface area contributed by atoms with E-state index in [9.17, 15) is 5.11 Å². The van der Waals surface area contributed by atoms with E-state index in [1.165, 1.54) is 14.2 Å². The second-order valence-corrected chi connectivity index (χ2v) is 6.04. The van der Waals surface area contributed by atoms with E-state index >= 15 is 0 Å². The first-order chi connectivity index (χ1) is 11.6. The van der Waals surface area contributed by atoms with Crippen molar-refractivity contribution in [2.75, 3.05) is 14.2 Å². The molecule has 3 aromatic rings. The molecule has 1 aromatic heterocycles. The van der Waals surface area contributed by atoms with Crippen molar-refractivity contribution in [2.24, 2.45) is 17.3 Å². The number of phenols is 1. The van der Waals surface area contributed by atoms with E-state index in [1.807, 2.05) is 29.8 Å².